The van der Waals surface area contributed by atoms with Crippen LogP contribution in [0.25, 0.3) is 0 Å². The summed E-state index contributed by atoms with van der Waals surface area (Å²) in [4.78, 5) is 38.2. The summed E-state index contributed by atoms with van der Waals surface area (Å²) in [5, 5.41) is 5.88. The molecule has 1 aliphatic carbocycles. The molecule has 2 N–H and O–H groups in total. The Morgan fingerprint density at radius 1 is 1.40 bits per heavy atom. The summed E-state index contributed by atoms with van der Waals surface area (Å²) in [7, 11) is 0. The van der Waals surface area contributed by atoms with E-state index in [1.54, 1.807) is 12.1 Å². The maximum atomic E-state index is 12.7. The van der Waals surface area contributed by atoms with Gasteiger partial charge in [0.05, 0.1) is 10.7 Å². The number of rotatable bonds is 3. The smallest absolute Gasteiger partial charge is 0.323 e. The molecular weight excluding hydrogens is 457 g/mol. The molecule has 4 amide bonds. The standard InChI is InChI=1S/C17H19ClIN3O3/c1-10-4-6-17(7-5-10)15(24)22(16(25)21-17)9-14(23)20-13-3-2-11(19)8-12(13)18/h2-3,8,10H,4-7,9H2,1H3,(H,20,23)(H,21,25). The van der Waals surface area contributed by atoms with Gasteiger partial charge in [-0.25, -0.2) is 4.79 Å². The number of nitrogens with zero attached hydrogens (tertiary/aromatic N) is 1. The fourth-order valence-electron chi connectivity index (χ4n) is 3.34. The van der Waals surface area contributed by atoms with Gasteiger partial charge in [0, 0.05) is 3.57 Å². The highest BCUT2D eigenvalue weighted by atomic mass is 127. The fraction of sp³-hybridized carbons (Fsp3) is 0.471. The Morgan fingerprint density at radius 3 is 2.72 bits per heavy atom. The van der Waals surface area contributed by atoms with Gasteiger partial charge < -0.3 is 10.6 Å². The highest BCUT2D eigenvalue weighted by molar-refractivity contribution is 14.1. The lowest BCUT2D eigenvalue weighted by molar-refractivity contribution is -0.135. The molecule has 1 aliphatic heterocycles. The van der Waals surface area contributed by atoms with Crippen LogP contribution in [0.1, 0.15) is 32.6 Å². The molecule has 1 heterocycles. The van der Waals surface area contributed by atoms with Crippen molar-refractivity contribution < 1.29 is 14.4 Å². The average Bonchev–Trinajstić information content (AvgIpc) is 2.78. The van der Waals surface area contributed by atoms with Gasteiger partial charge in [-0.1, -0.05) is 18.5 Å². The zero-order valence-corrected chi connectivity index (χ0v) is 16.7. The first-order valence-electron chi connectivity index (χ1n) is 8.20. The lowest BCUT2D eigenvalue weighted by Crippen LogP contribution is -2.49. The Balaban J connectivity index is 1.67. The predicted molar refractivity (Wildman–Crippen MR) is 103 cm³/mol. The van der Waals surface area contributed by atoms with E-state index in [1.807, 2.05) is 6.07 Å². The van der Waals surface area contributed by atoms with Gasteiger partial charge in [0.15, 0.2) is 0 Å². The summed E-state index contributed by atoms with van der Waals surface area (Å²) >= 11 is 8.22. The topological polar surface area (TPSA) is 78.5 Å². The third-order valence-electron chi connectivity index (χ3n) is 4.88. The van der Waals surface area contributed by atoms with Crippen molar-refractivity contribution in [2.45, 2.75) is 38.1 Å². The number of carbonyl (C=O) groups is 3. The Kier molecular flexibility index (Phi) is 5.24. The third-order valence-corrected chi connectivity index (χ3v) is 5.86. The summed E-state index contributed by atoms with van der Waals surface area (Å²) in [6.07, 6.45) is 3.04. The SMILES string of the molecule is CC1CCC2(CC1)NC(=O)N(CC(=O)Nc1ccc(I)cc1Cl)C2=O. The second-order valence-electron chi connectivity index (χ2n) is 6.76. The summed E-state index contributed by atoms with van der Waals surface area (Å²) in [6.45, 7) is 1.83. The number of amides is 4. The molecule has 2 aliphatic rings. The van der Waals surface area contributed by atoms with Crippen molar-refractivity contribution in [2.24, 2.45) is 5.92 Å². The van der Waals surface area contributed by atoms with Crippen LogP contribution in [-0.2, 0) is 9.59 Å². The quantitative estimate of drug-likeness (QED) is 0.520. The Bertz CT molecular complexity index is 732. The number of imide groups is 1. The zero-order chi connectivity index (χ0) is 18.2. The minimum atomic E-state index is -0.829. The molecule has 0 bridgehead atoms. The molecule has 1 aromatic carbocycles. The highest BCUT2D eigenvalue weighted by Gasteiger charge is 2.52. The monoisotopic (exact) mass is 475 g/mol. The molecule has 0 aromatic heterocycles. The van der Waals surface area contributed by atoms with Crippen molar-refractivity contribution in [2.75, 3.05) is 11.9 Å². The molecule has 0 radical (unpaired) electrons. The number of hydrogen-bond acceptors (Lipinski definition) is 3. The third kappa shape index (κ3) is 3.76. The molecule has 0 unspecified atom stereocenters. The van der Waals surface area contributed by atoms with E-state index in [-0.39, 0.29) is 12.5 Å². The van der Waals surface area contributed by atoms with Crippen LogP contribution < -0.4 is 10.6 Å². The molecule has 1 saturated carbocycles. The molecular formula is C17H19ClIN3O3. The van der Waals surface area contributed by atoms with Crippen molar-refractivity contribution in [1.29, 1.82) is 0 Å². The van der Waals surface area contributed by atoms with Crippen LogP contribution >= 0.6 is 34.2 Å². The van der Waals surface area contributed by atoms with E-state index in [1.165, 1.54) is 0 Å². The number of hydrogen-bond donors (Lipinski definition) is 2. The number of anilines is 1. The van der Waals surface area contributed by atoms with Crippen LogP contribution in [0, 0.1) is 9.49 Å². The molecule has 2 fully saturated rings. The first-order valence-corrected chi connectivity index (χ1v) is 9.65. The van der Waals surface area contributed by atoms with E-state index in [4.69, 9.17) is 11.6 Å². The number of benzene rings is 1. The molecule has 1 spiro atoms. The lowest BCUT2D eigenvalue weighted by atomic mass is 9.77. The average molecular weight is 476 g/mol. The van der Waals surface area contributed by atoms with Crippen LogP contribution in [0.2, 0.25) is 5.02 Å². The molecule has 1 saturated heterocycles. The predicted octanol–water partition coefficient (Wildman–Crippen LogP) is 3.38. The first kappa shape index (κ1) is 18.4. The maximum absolute atomic E-state index is 12.7. The first-order chi connectivity index (χ1) is 11.8. The fourth-order valence-corrected chi connectivity index (χ4v) is 4.24. The van der Waals surface area contributed by atoms with E-state index < -0.39 is 17.5 Å². The Labute approximate surface area is 164 Å². The minimum Gasteiger partial charge on any atom is -0.323 e. The molecule has 134 valence electrons. The van der Waals surface area contributed by atoms with Crippen LogP contribution in [0.4, 0.5) is 10.5 Å². The zero-order valence-electron chi connectivity index (χ0n) is 13.8. The number of nitrogens with one attached hydrogen (secondary N) is 2. The van der Waals surface area contributed by atoms with Gasteiger partial charge in [0.1, 0.15) is 12.1 Å². The van der Waals surface area contributed by atoms with E-state index >= 15 is 0 Å². The summed E-state index contributed by atoms with van der Waals surface area (Å²) < 4.78 is 0.947. The number of carbonyl (C=O) groups excluding carboxylic acids is 3. The maximum Gasteiger partial charge on any atom is 0.325 e. The van der Waals surface area contributed by atoms with Gasteiger partial charge in [-0.3, -0.25) is 14.5 Å². The summed E-state index contributed by atoms with van der Waals surface area (Å²) in [5.41, 5.74) is -0.370. The highest BCUT2D eigenvalue weighted by Crippen LogP contribution is 2.36. The minimum absolute atomic E-state index is 0.298. The molecule has 1 aromatic rings. The van der Waals surface area contributed by atoms with E-state index in [0.717, 1.165) is 21.3 Å². The van der Waals surface area contributed by atoms with Crippen LogP contribution in [-0.4, -0.2) is 34.8 Å². The second-order valence-corrected chi connectivity index (χ2v) is 8.41. The molecule has 0 atom stereocenters. The van der Waals surface area contributed by atoms with Crippen molar-refractivity contribution in [3.63, 3.8) is 0 Å². The largest absolute Gasteiger partial charge is 0.325 e. The van der Waals surface area contributed by atoms with E-state index in [2.05, 4.69) is 40.1 Å². The van der Waals surface area contributed by atoms with Crippen LogP contribution in [0.3, 0.4) is 0 Å². The van der Waals surface area contributed by atoms with Crippen LogP contribution in [0.15, 0.2) is 18.2 Å². The summed E-state index contributed by atoms with van der Waals surface area (Å²) in [5.74, 6) is -0.197. The van der Waals surface area contributed by atoms with Gasteiger partial charge in [0.25, 0.3) is 5.91 Å². The van der Waals surface area contributed by atoms with Gasteiger partial charge in [-0.05, 0) is 72.4 Å². The lowest BCUT2D eigenvalue weighted by Gasteiger charge is -2.33. The normalized spacial score (nSPS) is 26.0. The van der Waals surface area contributed by atoms with Crippen LogP contribution in [0.5, 0.6) is 0 Å². The molecule has 25 heavy (non-hydrogen) atoms. The van der Waals surface area contributed by atoms with Gasteiger partial charge >= 0.3 is 6.03 Å². The van der Waals surface area contributed by atoms with E-state index in [0.29, 0.717) is 29.5 Å². The Morgan fingerprint density at radius 2 is 2.08 bits per heavy atom. The Hall–Kier alpha value is -1.35. The second kappa shape index (κ2) is 7.11. The summed E-state index contributed by atoms with van der Waals surface area (Å²) in [6, 6.07) is 4.73. The van der Waals surface area contributed by atoms with Gasteiger partial charge in [-0.2, -0.15) is 0 Å². The van der Waals surface area contributed by atoms with Crippen molar-refractivity contribution in [1.82, 2.24) is 10.2 Å². The van der Waals surface area contributed by atoms with Crippen molar-refractivity contribution in [3.05, 3.63) is 26.8 Å². The molecule has 8 heteroatoms. The number of urea groups is 1. The van der Waals surface area contributed by atoms with Crippen molar-refractivity contribution >= 4 is 57.7 Å². The van der Waals surface area contributed by atoms with Gasteiger partial charge in [-0.15, -0.1) is 0 Å². The van der Waals surface area contributed by atoms with Crippen molar-refractivity contribution in [3.8, 4) is 0 Å². The molecule has 3 rings (SSSR count). The van der Waals surface area contributed by atoms with E-state index in [9.17, 15) is 14.4 Å². The number of halogens is 2. The van der Waals surface area contributed by atoms with Gasteiger partial charge in [0.2, 0.25) is 5.91 Å². The molecule has 6 nitrogen and oxygen atoms in total.